The molecule has 0 saturated heterocycles. The van der Waals surface area contributed by atoms with Gasteiger partial charge in [0.05, 0.1) is 16.5 Å². The van der Waals surface area contributed by atoms with Gasteiger partial charge in [0.15, 0.2) is 0 Å². The van der Waals surface area contributed by atoms with Crippen LogP contribution in [0.3, 0.4) is 0 Å². The van der Waals surface area contributed by atoms with E-state index in [9.17, 15) is 9.59 Å². The molecular weight excluding hydrogens is 444 g/mol. The quantitative estimate of drug-likeness (QED) is 0.277. The second-order valence-electron chi connectivity index (χ2n) is 6.01. The molecule has 6 heteroatoms. The molecule has 0 N–H and O–H groups in total. The smallest absolute Gasteiger partial charge is 0.343 e. The molecule has 0 amide bonds. The Labute approximate surface area is 173 Å². The van der Waals surface area contributed by atoms with E-state index in [1.807, 2.05) is 0 Å². The van der Waals surface area contributed by atoms with E-state index in [2.05, 4.69) is 15.9 Å². The van der Waals surface area contributed by atoms with Crippen LogP contribution >= 0.6 is 27.5 Å². The molecule has 4 nitrogen and oxygen atoms in total. The molecule has 0 saturated carbocycles. The Morgan fingerprint density at radius 3 is 2.46 bits per heavy atom. The maximum Gasteiger partial charge on any atom is 0.343 e. The summed E-state index contributed by atoms with van der Waals surface area (Å²) in [5.74, 6) is -0.212. The monoisotopic (exact) mass is 454 g/mol. The topological polar surface area (TPSA) is 56.5 Å². The van der Waals surface area contributed by atoms with Crippen molar-refractivity contribution in [2.45, 2.75) is 0 Å². The van der Waals surface area contributed by atoms with Crippen molar-refractivity contribution in [3.63, 3.8) is 0 Å². The van der Waals surface area contributed by atoms with Crippen molar-refractivity contribution in [1.82, 2.24) is 0 Å². The summed E-state index contributed by atoms with van der Waals surface area (Å²) >= 11 is 9.51. The number of ether oxygens (including phenoxy) is 1. The summed E-state index contributed by atoms with van der Waals surface area (Å²) in [6.07, 6.45) is 1.37. The number of carbonyl (C=O) groups is 1. The van der Waals surface area contributed by atoms with E-state index in [4.69, 9.17) is 20.8 Å². The lowest BCUT2D eigenvalue weighted by Crippen LogP contribution is -2.09. The van der Waals surface area contributed by atoms with Crippen molar-refractivity contribution >= 4 is 44.5 Å². The SMILES string of the molecule is O=C(Oc1ccc2c(=O)c(-c3ccccc3Cl)coc2c1)c1ccc(Br)cc1. The highest BCUT2D eigenvalue weighted by molar-refractivity contribution is 9.10. The minimum atomic E-state index is -0.498. The van der Waals surface area contributed by atoms with Crippen LogP contribution in [0.1, 0.15) is 10.4 Å². The molecule has 0 atom stereocenters. The average molecular weight is 456 g/mol. The maximum absolute atomic E-state index is 12.8. The lowest BCUT2D eigenvalue weighted by atomic mass is 10.1. The number of halogens is 2. The van der Waals surface area contributed by atoms with Crippen molar-refractivity contribution in [2.75, 3.05) is 0 Å². The molecule has 0 aliphatic heterocycles. The van der Waals surface area contributed by atoms with E-state index < -0.39 is 5.97 Å². The summed E-state index contributed by atoms with van der Waals surface area (Å²) in [5.41, 5.74) is 1.50. The van der Waals surface area contributed by atoms with Crippen molar-refractivity contribution in [3.05, 3.63) is 98.3 Å². The molecule has 0 radical (unpaired) electrons. The van der Waals surface area contributed by atoms with Gasteiger partial charge in [0.25, 0.3) is 0 Å². The summed E-state index contributed by atoms with van der Waals surface area (Å²) in [5, 5.41) is 0.843. The number of hydrogen-bond donors (Lipinski definition) is 0. The first-order chi connectivity index (χ1) is 13.5. The summed E-state index contributed by atoms with van der Waals surface area (Å²) < 4.78 is 11.9. The fourth-order valence-electron chi connectivity index (χ4n) is 2.79. The standard InChI is InChI=1S/C22H12BrClO4/c23-14-7-5-13(6-8-14)22(26)28-15-9-10-17-20(11-15)27-12-18(21(17)25)16-3-1-2-4-19(16)24/h1-12H. The Morgan fingerprint density at radius 1 is 0.964 bits per heavy atom. The summed E-state index contributed by atoms with van der Waals surface area (Å²) in [4.78, 5) is 25.1. The lowest BCUT2D eigenvalue weighted by Gasteiger charge is -2.07. The number of carbonyl (C=O) groups excluding carboxylic acids is 1. The molecule has 138 valence electrons. The number of fused-ring (bicyclic) bond motifs is 1. The molecule has 3 aromatic carbocycles. The Balaban J connectivity index is 1.68. The van der Waals surface area contributed by atoms with Gasteiger partial charge in [-0.05, 0) is 42.5 Å². The van der Waals surface area contributed by atoms with E-state index in [1.165, 1.54) is 12.3 Å². The predicted molar refractivity (Wildman–Crippen MR) is 112 cm³/mol. The zero-order valence-electron chi connectivity index (χ0n) is 14.3. The third-order valence-electron chi connectivity index (χ3n) is 4.20. The Bertz CT molecular complexity index is 1250. The Morgan fingerprint density at radius 2 is 1.71 bits per heavy atom. The molecule has 0 spiro atoms. The van der Waals surface area contributed by atoms with Crippen LogP contribution in [0, 0.1) is 0 Å². The second-order valence-corrected chi connectivity index (χ2v) is 7.34. The fourth-order valence-corrected chi connectivity index (χ4v) is 3.29. The minimum absolute atomic E-state index is 0.208. The largest absolute Gasteiger partial charge is 0.463 e. The van der Waals surface area contributed by atoms with Crippen LogP contribution < -0.4 is 10.2 Å². The van der Waals surface area contributed by atoms with E-state index in [0.717, 1.165) is 4.47 Å². The highest BCUT2D eigenvalue weighted by Gasteiger charge is 2.14. The average Bonchev–Trinajstić information content (AvgIpc) is 2.69. The maximum atomic E-state index is 12.8. The normalized spacial score (nSPS) is 10.8. The Hall–Kier alpha value is -2.89. The predicted octanol–water partition coefficient (Wildman–Crippen LogP) is 6.10. The van der Waals surface area contributed by atoms with Crippen LogP contribution in [0.5, 0.6) is 5.75 Å². The van der Waals surface area contributed by atoms with E-state index >= 15 is 0 Å². The molecule has 4 rings (SSSR count). The first-order valence-corrected chi connectivity index (χ1v) is 9.48. The van der Waals surface area contributed by atoms with Gasteiger partial charge in [0, 0.05) is 21.1 Å². The number of benzene rings is 3. The lowest BCUT2D eigenvalue weighted by molar-refractivity contribution is 0.0735. The number of rotatable bonds is 3. The third-order valence-corrected chi connectivity index (χ3v) is 5.06. The molecule has 1 aromatic heterocycles. The van der Waals surface area contributed by atoms with Gasteiger partial charge in [-0.25, -0.2) is 4.79 Å². The Kier molecular flexibility index (Phi) is 5.03. The summed E-state index contributed by atoms with van der Waals surface area (Å²) in [7, 11) is 0. The highest BCUT2D eigenvalue weighted by atomic mass is 79.9. The number of esters is 1. The van der Waals surface area contributed by atoms with Gasteiger partial charge >= 0.3 is 5.97 Å². The molecular formula is C22H12BrClO4. The minimum Gasteiger partial charge on any atom is -0.463 e. The van der Waals surface area contributed by atoms with Crippen LogP contribution in [-0.4, -0.2) is 5.97 Å². The molecule has 0 unspecified atom stereocenters. The van der Waals surface area contributed by atoms with E-state index in [1.54, 1.807) is 60.7 Å². The molecule has 4 aromatic rings. The van der Waals surface area contributed by atoms with Gasteiger partial charge < -0.3 is 9.15 Å². The van der Waals surface area contributed by atoms with Crippen molar-refractivity contribution in [1.29, 1.82) is 0 Å². The highest BCUT2D eigenvalue weighted by Crippen LogP contribution is 2.28. The van der Waals surface area contributed by atoms with Crippen LogP contribution in [0.4, 0.5) is 0 Å². The van der Waals surface area contributed by atoms with Crippen LogP contribution in [0.2, 0.25) is 5.02 Å². The molecule has 0 aliphatic carbocycles. The zero-order chi connectivity index (χ0) is 19.7. The third kappa shape index (κ3) is 3.59. The first kappa shape index (κ1) is 18.5. The second kappa shape index (κ2) is 7.62. The van der Waals surface area contributed by atoms with Gasteiger partial charge in [-0.1, -0.05) is 45.7 Å². The van der Waals surface area contributed by atoms with E-state index in [-0.39, 0.29) is 11.2 Å². The van der Waals surface area contributed by atoms with E-state index in [0.29, 0.717) is 32.7 Å². The van der Waals surface area contributed by atoms with Crippen LogP contribution in [0.15, 0.2) is 86.7 Å². The number of hydrogen-bond acceptors (Lipinski definition) is 4. The van der Waals surface area contributed by atoms with Crippen LogP contribution in [0.25, 0.3) is 22.1 Å². The van der Waals surface area contributed by atoms with Gasteiger partial charge in [0.2, 0.25) is 5.43 Å². The van der Waals surface area contributed by atoms with Gasteiger partial charge in [-0.3, -0.25) is 4.79 Å². The van der Waals surface area contributed by atoms with Gasteiger partial charge in [-0.2, -0.15) is 0 Å². The fraction of sp³-hybridized carbons (Fsp3) is 0. The van der Waals surface area contributed by atoms with Crippen LogP contribution in [-0.2, 0) is 0 Å². The zero-order valence-corrected chi connectivity index (χ0v) is 16.7. The summed E-state index contributed by atoms with van der Waals surface area (Å²) in [6.45, 7) is 0. The first-order valence-electron chi connectivity index (χ1n) is 8.31. The molecule has 0 aliphatic rings. The van der Waals surface area contributed by atoms with Crippen molar-refractivity contribution in [2.24, 2.45) is 0 Å². The van der Waals surface area contributed by atoms with Crippen molar-refractivity contribution < 1.29 is 13.9 Å². The van der Waals surface area contributed by atoms with Crippen molar-refractivity contribution in [3.8, 4) is 16.9 Å². The molecule has 0 fully saturated rings. The molecule has 0 bridgehead atoms. The molecule has 28 heavy (non-hydrogen) atoms. The van der Waals surface area contributed by atoms with Gasteiger partial charge in [0.1, 0.15) is 17.6 Å². The summed E-state index contributed by atoms with van der Waals surface area (Å²) in [6, 6.07) is 18.5. The van der Waals surface area contributed by atoms with Gasteiger partial charge in [-0.15, -0.1) is 0 Å². The molecule has 1 heterocycles.